The molecule has 1 aliphatic heterocycles. The van der Waals surface area contributed by atoms with Gasteiger partial charge in [0.15, 0.2) is 10.8 Å². The van der Waals surface area contributed by atoms with E-state index in [0.717, 1.165) is 25.0 Å². The molecule has 36 heavy (non-hydrogen) atoms. The van der Waals surface area contributed by atoms with Crippen molar-refractivity contribution >= 4 is 52.2 Å². The summed E-state index contributed by atoms with van der Waals surface area (Å²) in [7, 11) is 0. The van der Waals surface area contributed by atoms with E-state index in [0.29, 0.717) is 53.1 Å². The molecule has 13 heteroatoms. The second-order valence-corrected chi connectivity index (χ2v) is 9.82. The lowest BCUT2D eigenvalue weighted by molar-refractivity contribution is -0.130. The van der Waals surface area contributed by atoms with Gasteiger partial charge in [0.05, 0.1) is 29.2 Å². The second kappa shape index (κ2) is 10.5. The Morgan fingerprint density at radius 3 is 2.67 bits per heavy atom. The molecule has 1 atom stereocenters. The van der Waals surface area contributed by atoms with Crippen LogP contribution in [0.5, 0.6) is 5.88 Å². The largest absolute Gasteiger partial charge is 0.476 e. The highest BCUT2D eigenvalue weighted by atomic mass is 35.5. The van der Waals surface area contributed by atoms with Crippen LogP contribution in [0.3, 0.4) is 0 Å². The molecular weight excluding hydrogens is 507 g/mol. The number of carbonyl (C=O) groups excluding carboxylic acids is 2. The first-order valence-corrected chi connectivity index (χ1v) is 12.6. The Labute approximate surface area is 217 Å². The molecule has 3 aromatic rings. The third kappa shape index (κ3) is 5.63. The predicted molar refractivity (Wildman–Crippen MR) is 136 cm³/mol. The number of likely N-dealkylation sites (tertiary alicyclic amines) is 1. The van der Waals surface area contributed by atoms with E-state index in [1.54, 1.807) is 27.7 Å². The number of urea groups is 1. The van der Waals surface area contributed by atoms with Gasteiger partial charge in [-0.1, -0.05) is 23.2 Å². The molecule has 0 unspecified atom stereocenters. The molecular formula is C23H26Cl2N8O3. The normalized spacial score (nSPS) is 17.4. The smallest absolute Gasteiger partial charge is 0.323 e. The summed E-state index contributed by atoms with van der Waals surface area (Å²) in [6.07, 6.45) is 6.70. The van der Waals surface area contributed by atoms with E-state index in [2.05, 4.69) is 25.7 Å². The van der Waals surface area contributed by atoms with Crippen molar-refractivity contribution in [3.63, 3.8) is 0 Å². The number of rotatable bonds is 8. The van der Waals surface area contributed by atoms with Gasteiger partial charge >= 0.3 is 6.03 Å². The van der Waals surface area contributed by atoms with E-state index in [9.17, 15) is 9.59 Å². The number of amides is 3. The zero-order chi connectivity index (χ0) is 25.2. The van der Waals surface area contributed by atoms with Crippen molar-refractivity contribution in [1.82, 2.24) is 24.5 Å². The number of anilines is 2. The fourth-order valence-corrected chi connectivity index (χ4v) is 4.57. The molecule has 5 rings (SSSR count). The van der Waals surface area contributed by atoms with Crippen LogP contribution in [0.4, 0.5) is 16.2 Å². The van der Waals surface area contributed by atoms with Crippen molar-refractivity contribution in [3.05, 3.63) is 40.4 Å². The molecule has 190 valence electrons. The Morgan fingerprint density at radius 1 is 1.11 bits per heavy atom. The number of halogens is 2. The highest BCUT2D eigenvalue weighted by molar-refractivity contribution is 6.31. The number of ether oxygens (including phenoxy) is 1. The molecule has 0 radical (unpaired) electrons. The van der Waals surface area contributed by atoms with E-state index in [-0.39, 0.29) is 30.4 Å². The number of hydrogen-bond donors (Lipinski definition) is 3. The van der Waals surface area contributed by atoms with Gasteiger partial charge in [0.1, 0.15) is 5.69 Å². The summed E-state index contributed by atoms with van der Waals surface area (Å²) in [4.78, 5) is 35.5. The first-order valence-electron chi connectivity index (χ1n) is 11.8. The fraction of sp³-hybridized carbons (Fsp3) is 0.435. The minimum Gasteiger partial charge on any atom is -0.476 e. The third-order valence-electron chi connectivity index (χ3n) is 6.12. The van der Waals surface area contributed by atoms with Crippen molar-refractivity contribution in [1.29, 1.82) is 0 Å². The van der Waals surface area contributed by atoms with Crippen LogP contribution in [0.2, 0.25) is 10.2 Å². The van der Waals surface area contributed by atoms with Crippen LogP contribution in [0, 0.1) is 0 Å². The molecule has 4 heterocycles. The summed E-state index contributed by atoms with van der Waals surface area (Å²) in [6, 6.07) is 2.77. The van der Waals surface area contributed by atoms with Crippen molar-refractivity contribution in [2.75, 3.05) is 30.3 Å². The minimum atomic E-state index is -0.509. The van der Waals surface area contributed by atoms with E-state index in [4.69, 9.17) is 33.7 Å². The Morgan fingerprint density at radius 2 is 1.92 bits per heavy atom. The molecule has 1 saturated heterocycles. The van der Waals surface area contributed by atoms with Crippen LogP contribution < -0.4 is 21.1 Å². The number of nitrogens with two attached hydrogens (primary N) is 1. The zero-order valence-electron chi connectivity index (χ0n) is 19.4. The van der Waals surface area contributed by atoms with Crippen LogP contribution in [0.15, 0.2) is 24.5 Å². The molecule has 1 saturated carbocycles. The molecule has 4 N–H and O–H groups in total. The summed E-state index contributed by atoms with van der Waals surface area (Å²) in [6.45, 7) is 1.55. The number of pyridine rings is 1. The summed E-state index contributed by atoms with van der Waals surface area (Å²) in [5.74, 6) is 0.538. The van der Waals surface area contributed by atoms with Gasteiger partial charge in [-0.25, -0.2) is 19.3 Å². The first-order chi connectivity index (χ1) is 17.4. The van der Waals surface area contributed by atoms with Crippen molar-refractivity contribution in [2.24, 2.45) is 5.73 Å². The van der Waals surface area contributed by atoms with Gasteiger partial charge in [-0.05, 0) is 31.7 Å². The highest BCUT2D eigenvalue weighted by Crippen LogP contribution is 2.43. The van der Waals surface area contributed by atoms with Gasteiger partial charge in [0.2, 0.25) is 11.8 Å². The number of aromatic nitrogens is 4. The van der Waals surface area contributed by atoms with Crippen LogP contribution in [0.1, 0.15) is 43.7 Å². The van der Waals surface area contributed by atoms with Crippen LogP contribution in [-0.2, 0) is 4.79 Å². The van der Waals surface area contributed by atoms with E-state index >= 15 is 0 Å². The number of carbonyl (C=O) groups is 2. The first kappa shape index (κ1) is 24.5. The monoisotopic (exact) mass is 532 g/mol. The van der Waals surface area contributed by atoms with Gasteiger partial charge < -0.3 is 26.0 Å². The minimum absolute atomic E-state index is 0.0543. The number of fused-ring (bicyclic) bond motifs is 1. The molecule has 11 nitrogen and oxygen atoms in total. The maximum Gasteiger partial charge on any atom is 0.323 e. The second-order valence-electron chi connectivity index (χ2n) is 8.99. The SMILES string of the molecule is N[C@@H]1CCN(C(=O)CCCOc2ncc(Cl)cc2NC(=O)Nc2cnc3cc(Cl)nn3c2C2CC2)C1. The van der Waals surface area contributed by atoms with Gasteiger partial charge in [0, 0.05) is 43.7 Å². The number of nitrogens with zero attached hydrogens (tertiary/aromatic N) is 5. The van der Waals surface area contributed by atoms with Gasteiger partial charge in [0.25, 0.3) is 0 Å². The lowest BCUT2D eigenvalue weighted by Gasteiger charge is -2.16. The lowest BCUT2D eigenvalue weighted by atomic mass is 10.2. The Kier molecular flexibility index (Phi) is 7.13. The Hall–Kier alpha value is -3.15. The number of nitrogens with one attached hydrogen (secondary N) is 2. The molecule has 2 aliphatic rings. The highest BCUT2D eigenvalue weighted by Gasteiger charge is 2.30. The van der Waals surface area contributed by atoms with E-state index in [1.807, 2.05) is 0 Å². The molecule has 0 bridgehead atoms. The third-order valence-corrected chi connectivity index (χ3v) is 6.51. The molecule has 3 amide bonds. The van der Waals surface area contributed by atoms with Crippen molar-refractivity contribution in [3.8, 4) is 5.88 Å². The van der Waals surface area contributed by atoms with Crippen LogP contribution in [0.25, 0.3) is 5.65 Å². The van der Waals surface area contributed by atoms with Gasteiger partial charge in [-0.3, -0.25) is 4.79 Å². The summed E-state index contributed by atoms with van der Waals surface area (Å²) < 4.78 is 7.43. The average molecular weight is 533 g/mol. The zero-order valence-corrected chi connectivity index (χ0v) is 20.9. The molecule has 2 fully saturated rings. The summed E-state index contributed by atoms with van der Waals surface area (Å²) in [5.41, 5.74) is 8.19. The average Bonchev–Trinajstić information content (AvgIpc) is 3.46. The fourth-order valence-electron chi connectivity index (χ4n) is 4.24. The van der Waals surface area contributed by atoms with Gasteiger partial charge in [-0.15, -0.1) is 0 Å². The quantitative estimate of drug-likeness (QED) is 0.376. The van der Waals surface area contributed by atoms with Crippen molar-refractivity contribution < 1.29 is 14.3 Å². The molecule has 3 aromatic heterocycles. The van der Waals surface area contributed by atoms with Crippen LogP contribution >= 0.6 is 23.2 Å². The van der Waals surface area contributed by atoms with E-state index < -0.39 is 6.03 Å². The lowest BCUT2D eigenvalue weighted by Crippen LogP contribution is -2.31. The topological polar surface area (TPSA) is 140 Å². The molecule has 0 spiro atoms. The predicted octanol–water partition coefficient (Wildman–Crippen LogP) is 3.67. The standard InChI is InChI=1S/C23H26Cl2N8O3/c24-14-8-16(22(28-10-14)36-7-1-2-20(34)32-6-5-15(26)12-32)29-23(35)30-17-11-27-19-9-18(25)31-33(19)21(17)13-3-4-13/h8-11,13,15H,1-7,12,26H2,(H2,29,30,35)/t15-/m1/s1. The molecule has 0 aromatic carbocycles. The van der Waals surface area contributed by atoms with Crippen LogP contribution in [-0.4, -0.2) is 62.2 Å². The summed E-state index contributed by atoms with van der Waals surface area (Å²) in [5, 5.41) is 10.6. The number of hydrogen-bond acceptors (Lipinski definition) is 7. The Bertz CT molecular complexity index is 1300. The maximum atomic E-state index is 12.9. The molecule has 1 aliphatic carbocycles. The van der Waals surface area contributed by atoms with Crippen molar-refractivity contribution in [2.45, 2.75) is 44.1 Å². The van der Waals surface area contributed by atoms with E-state index in [1.165, 1.54) is 6.20 Å². The maximum absolute atomic E-state index is 12.9. The van der Waals surface area contributed by atoms with Gasteiger partial charge in [-0.2, -0.15) is 5.10 Å². The summed E-state index contributed by atoms with van der Waals surface area (Å²) >= 11 is 12.2. The Balaban J connectivity index is 1.21.